The van der Waals surface area contributed by atoms with Gasteiger partial charge in [-0.3, -0.25) is 19.5 Å². The van der Waals surface area contributed by atoms with Crippen LogP contribution in [-0.2, 0) is 9.36 Å². The molecule has 0 spiro atoms. The Kier molecular flexibility index (Phi) is 7.48. The lowest BCUT2D eigenvalue weighted by atomic mass is 9.99. The monoisotopic (exact) mass is 398 g/mol. The SMILES string of the molecule is CCCC1=CC=CC1N(O)C(=O)C(C(C)C)N(CC1CC1)C(C)P(C)(=O)O. The summed E-state index contributed by atoms with van der Waals surface area (Å²) in [6.07, 6.45) is 9.57. The number of carbonyl (C=O) groups is 1. The first kappa shape index (κ1) is 22.4. The lowest BCUT2D eigenvalue weighted by Gasteiger charge is -2.40. The van der Waals surface area contributed by atoms with Crippen LogP contribution >= 0.6 is 7.37 Å². The van der Waals surface area contributed by atoms with E-state index in [1.807, 2.05) is 37.0 Å². The first-order chi connectivity index (χ1) is 12.6. The second-order valence-electron chi connectivity index (χ2n) is 8.41. The highest BCUT2D eigenvalue weighted by atomic mass is 31.2. The maximum Gasteiger partial charge on any atom is 0.264 e. The summed E-state index contributed by atoms with van der Waals surface area (Å²) >= 11 is 0. The third-order valence-corrected chi connectivity index (χ3v) is 7.28. The molecule has 154 valence electrons. The molecular formula is C20H35N2O4P. The summed E-state index contributed by atoms with van der Waals surface area (Å²) in [7, 11) is -3.40. The van der Waals surface area contributed by atoms with E-state index in [0.717, 1.165) is 36.3 Å². The zero-order valence-corrected chi connectivity index (χ0v) is 18.1. The van der Waals surface area contributed by atoms with E-state index < -0.39 is 31.1 Å². The van der Waals surface area contributed by atoms with Crippen LogP contribution < -0.4 is 0 Å². The molecule has 2 rings (SSSR count). The van der Waals surface area contributed by atoms with Crippen molar-refractivity contribution in [3.8, 4) is 0 Å². The van der Waals surface area contributed by atoms with Gasteiger partial charge in [0.1, 0.15) is 0 Å². The Balaban J connectivity index is 2.26. The van der Waals surface area contributed by atoms with Crippen LogP contribution in [-0.4, -0.2) is 57.0 Å². The van der Waals surface area contributed by atoms with Gasteiger partial charge in [-0.1, -0.05) is 45.4 Å². The zero-order chi connectivity index (χ0) is 20.4. The summed E-state index contributed by atoms with van der Waals surface area (Å²) in [6, 6.07) is -1.08. The fourth-order valence-electron chi connectivity index (χ4n) is 3.72. The number of carbonyl (C=O) groups excluding carboxylic acids is 1. The fraction of sp³-hybridized carbons (Fsp3) is 0.750. The average Bonchev–Trinajstić information content (AvgIpc) is 3.28. The van der Waals surface area contributed by atoms with E-state index >= 15 is 0 Å². The van der Waals surface area contributed by atoms with E-state index in [2.05, 4.69) is 6.92 Å². The minimum Gasteiger partial charge on any atom is -0.343 e. The number of amides is 1. The highest BCUT2D eigenvalue weighted by molar-refractivity contribution is 7.57. The first-order valence-electron chi connectivity index (χ1n) is 10.0. The third kappa shape index (κ3) is 5.54. The van der Waals surface area contributed by atoms with Gasteiger partial charge in [-0.05, 0) is 43.6 Å². The van der Waals surface area contributed by atoms with Gasteiger partial charge in [0.05, 0.1) is 17.9 Å². The smallest absolute Gasteiger partial charge is 0.264 e. The third-order valence-electron chi connectivity index (χ3n) is 5.59. The lowest BCUT2D eigenvalue weighted by molar-refractivity contribution is -0.177. The van der Waals surface area contributed by atoms with Gasteiger partial charge < -0.3 is 4.89 Å². The van der Waals surface area contributed by atoms with Crippen molar-refractivity contribution in [2.75, 3.05) is 13.2 Å². The summed E-state index contributed by atoms with van der Waals surface area (Å²) < 4.78 is 12.4. The zero-order valence-electron chi connectivity index (χ0n) is 17.2. The average molecular weight is 398 g/mol. The topological polar surface area (TPSA) is 81.1 Å². The number of hydrogen-bond donors (Lipinski definition) is 2. The number of allylic oxidation sites excluding steroid dienone is 2. The fourth-order valence-corrected chi connectivity index (χ4v) is 4.51. The highest BCUT2D eigenvalue weighted by Gasteiger charge is 2.43. The second kappa shape index (κ2) is 9.04. The standard InChI is InChI=1S/C20H35N2O4P/c1-6-8-17-9-7-10-18(17)22(24)20(23)19(14(2)3)21(13-16-11-12-16)15(4)27(5,25)26/h7,9-10,14-16,18-19,24H,6,8,11-13H2,1-5H3,(H,25,26). The Morgan fingerprint density at radius 2 is 1.96 bits per heavy atom. The largest absolute Gasteiger partial charge is 0.343 e. The molecule has 4 atom stereocenters. The minimum atomic E-state index is -3.40. The van der Waals surface area contributed by atoms with Crippen LogP contribution in [0.25, 0.3) is 0 Å². The molecule has 2 aliphatic carbocycles. The molecule has 1 saturated carbocycles. The Morgan fingerprint density at radius 1 is 1.33 bits per heavy atom. The van der Waals surface area contributed by atoms with Crippen LogP contribution in [0.4, 0.5) is 0 Å². The van der Waals surface area contributed by atoms with Crippen LogP contribution in [0.5, 0.6) is 0 Å². The van der Waals surface area contributed by atoms with Gasteiger partial charge in [-0.25, -0.2) is 5.06 Å². The van der Waals surface area contributed by atoms with Crippen LogP contribution in [0.1, 0.15) is 53.4 Å². The van der Waals surface area contributed by atoms with Crippen molar-refractivity contribution in [3.05, 3.63) is 23.8 Å². The molecule has 1 amide bonds. The Hall–Kier alpha value is -0.940. The lowest BCUT2D eigenvalue weighted by Crippen LogP contribution is -2.55. The quantitative estimate of drug-likeness (QED) is 0.332. The summed E-state index contributed by atoms with van der Waals surface area (Å²) in [5.41, 5.74) is 1.01. The van der Waals surface area contributed by atoms with Crippen molar-refractivity contribution in [3.63, 3.8) is 0 Å². The maximum absolute atomic E-state index is 13.3. The summed E-state index contributed by atoms with van der Waals surface area (Å²) in [5, 5.41) is 11.6. The number of nitrogens with zero attached hydrogens (tertiary/aromatic N) is 2. The molecule has 0 aromatic rings. The van der Waals surface area contributed by atoms with Crippen LogP contribution in [0.2, 0.25) is 0 Å². The molecule has 0 aliphatic heterocycles. The van der Waals surface area contributed by atoms with Crippen LogP contribution in [0, 0.1) is 11.8 Å². The van der Waals surface area contributed by atoms with Crippen LogP contribution in [0.3, 0.4) is 0 Å². The molecule has 0 aromatic carbocycles. The molecule has 2 aliphatic rings. The van der Waals surface area contributed by atoms with E-state index in [0.29, 0.717) is 12.5 Å². The van der Waals surface area contributed by atoms with Crippen molar-refractivity contribution in [2.45, 2.75) is 71.2 Å². The van der Waals surface area contributed by atoms with Gasteiger partial charge in [0.25, 0.3) is 5.91 Å². The molecule has 4 unspecified atom stereocenters. The molecule has 1 fully saturated rings. The summed E-state index contributed by atoms with van der Waals surface area (Å²) in [6.45, 7) is 9.59. The van der Waals surface area contributed by atoms with Crippen molar-refractivity contribution in [2.24, 2.45) is 11.8 Å². The van der Waals surface area contributed by atoms with Gasteiger partial charge in [-0.2, -0.15) is 0 Å². The van der Waals surface area contributed by atoms with E-state index in [1.54, 1.807) is 6.92 Å². The predicted molar refractivity (Wildman–Crippen MR) is 108 cm³/mol. The minimum absolute atomic E-state index is 0.0936. The number of hydrogen-bond acceptors (Lipinski definition) is 4. The molecule has 0 saturated heterocycles. The van der Waals surface area contributed by atoms with E-state index in [-0.39, 0.29) is 5.92 Å². The van der Waals surface area contributed by atoms with E-state index in [1.165, 1.54) is 6.66 Å². The summed E-state index contributed by atoms with van der Waals surface area (Å²) in [4.78, 5) is 25.3. The van der Waals surface area contributed by atoms with Gasteiger partial charge in [0, 0.05) is 13.2 Å². The first-order valence-corrected chi connectivity index (χ1v) is 12.2. The van der Waals surface area contributed by atoms with Crippen molar-refractivity contribution in [1.29, 1.82) is 0 Å². The molecule has 7 heteroatoms. The number of rotatable bonds is 10. The normalized spacial score (nSPS) is 24.0. The maximum atomic E-state index is 13.3. The van der Waals surface area contributed by atoms with Crippen molar-refractivity contribution < 1.29 is 19.5 Å². The molecule has 0 heterocycles. The predicted octanol–water partition coefficient (Wildman–Crippen LogP) is 3.85. The molecular weight excluding hydrogens is 363 g/mol. The highest BCUT2D eigenvalue weighted by Crippen LogP contribution is 2.46. The van der Waals surface area contributed by atoms with Gasteiger partial charge in [-0.15, -0.1) is 0 Å². The Labute approximate surface area is 163 Å². The van der Waals surface area contributed by atoms with E-state index in [4.69, 9.17) is 0 Å². The van der Waals surface area contributed by atoms with E-state index in [9.17, 15) is 19.5 Å². The van der Waals surface area contributed by atoms with Crippen molar-refractivity contribution >= 4 is 13.3 Å². The van der Waals surface area contributed by atoms with Gasteiger partial charge in [0.15, 0.2) is 0 Å². The Morgan fingerprint density at radius 3 is 2.44 bits per heavy atom. The summed E-state index contributed by atoms with van der Waals surface area (Å²) in [5.74, 6) is -0.664. The van der Waals surface area contributed by atoms with Crippen LogP contribution in [0.15, 0.2) is 23.8 Å². The second-order valence-corrected chi connectivity index (χ2v) is 11.0. The van der Waals surface area contributed by atoms with Gasteiger partial charge in [0.2, 0.25) is 7.37 Å². The molecule has 2 N–H and O–H groups in total. The molecule has 0 bridgehead atoms. The Bertz CT molecular complexity index is 636. The molecule has 27 heavy (non-hydrogen) atoms. The molecule has 0 aromatic heterocycles. The molecule has 0 radical (unpaired) electrons. The van der Waals surface area contributed by atoms with Gasteiger partial charge >= 0.3 is 0 Å². The van der Waals surface area contributed by atoms with Crippen molar-refractivity contribution in [1.82, 2.24) is 9.96 Å². The number of hydroxylamine groups is 2. The molecule has 6 nitrogen and oxygen atoms in total.